The van der Waals surface area contributed by atoms with Crippen molar-refractivity contribution in [3.63, 3.8) is 0 Å². The maximum atomic E-state index is 13.3. The van der Waals surface area contributed by atoms with Gasteiger partial charge in [0.15, 0.2) is 10.8 Å². The Hall–Kier alpha value is -2.86. The molecule has 0 fully saturated rings. The second kappa shape index (κ2) is 7.64. The molecular formula is C22H22N4OS. The lowest BCUT2D eigenvalue weighted by molar-refractivity contribution is 0.628. The lowest BCUT2D eigenvalue weighted by atomic mass is 10.0. The van der Waals surface area contributed by atoms with Gasteiger partial charge in [0.1, 0.15) is 5.39 Å². The van der Waals surface area contributed by atoms with Crippen LogP contribution in [0.25, 0.3) is 16.7 Å². The van der Waals surface area contributed by atoms with Gasteiger partial charge in [-0.15, -0.1) is 0 Å². The lowest BCUT2D eigenvalue weighted by Crippen LogP contribution is -2.22. The number of aryl methyl sites for hydroxylation is 1. The highest BCUT2D eigenvalue weighted by Crippen LogP contribution is 2.40. The molecule has 5 nitrogen and oxygen atoms in total. The zero-order valence-corrected chi connectivity index (χ0v) is 16.9. The van der Waals surface area contributed by atoms with E-state index in [0.717, 1.165) is 5.69 Å². The van der Waals surface area contributed by atoms with Gasteiger partial charge in [0.2, 0.25) is 0 Å². The highest BCUT2D eigenvalue weighted by molar-refractivity contribution is 7.99. The van der Waals surface area contributed by atoms with Crippen LogP contribution in [-0.2, 0) is 7.05 Å². The number of rotatable bonds is 5. The Kier molecular flexibility index (Phi) is 5.05. The molecule has 0 aliphatic heterocycles. The average Bonchev–Trinajstić information content (AvgIpc) is 3.08. The molecule has 2 heterocycles. The molecule has 1 unspecified atom stereocenters. The Morgan fingerprint density at radius 3 is 2.25 bits per heavy atom. The molecule has 28 heavy (non-hydrogen) atoms. The molecule has 0 bridgehead atoms. The van der Waals surface area contributed by atoms with Crippen molar-refractivity contribution in [2.45, 2.75) is 24.3 Å². The molecule has 1 atom stereocenters. The zero-order valence-electron chi connectivity index (χ0n) is 16.1. The van der Waals surface area contributed by atoms with Crippen LogP contribution in [0.2, 0.25) is 0 Å². The highest BCUT2D eigenvalue weighted by Gasteiger charge is 2.23. The van der Waals surface area contributed by atoms with Crippen molar-refractivity contribution >= 4 is 22.8 Å². The molecule has 0 N–H and O–H groups in total. The zero-order chi connectivity index (χ0) is 19.7. The number of benzene rings is 2. The number of fused-ring (bicyclic) bond motifs is 1. The Morgan fingerprint density at radius 1 is 0.964 bits per heavy atom. The van der Waals surface area contributed by atoms with E-state index in [9.17, 15) is 4.79 Å². The molecule has 0 saturated heterocycles. The van der Waals surface area contributed by atoms with Crippen molar-refractivity contribution in [2.75, 3.05) is 0 Å². The van der Waals surface area contributed by atoms with Crippen LogP contribution in [0.4, 0.5) is 0 Å². The normalized spacial score (nSPS) is 12.6. The molecule has 2 aromatic carbocycles. The molecule has 142 valence electrons. The second-order valence-corrected chi connectivity index (χ2v) is 8.18. The van der Waals surface area contributed by atoms with Crippen LogP contribution in [0.1, 0.15) is 24.7 Å². The molecule has 4 rings (SSSR count). The van der Waals surface area contributed by atoms with E-state index in [4.69, 9.17) is 4.98 Å². The summed E-state index contributed by atoms with van der Waals surface area (Å²) < 4.78 is 3.36. The third kappa shape index (κ3) is 3.36. The van der Waals surface area contributed by atoms with Crippen molar-refractivity contribution in [1.29, 1.82) is 0 Å². The first kappa shape index (κ1) is 18.5. The van der Waals surface area contributed by atoms with Gasteiger partial charge in [-0.05, 0) is 23.6 Å². The van der Waals surface area contributed by atoms with Gasteiger partial charge in [-0.2, -0.15) is 5.10 Å². The van der Waals surface area contributed by atoms with E-state index in [-0.39, 0.29) is 10.8 Å². The summed E-state index contributed by atoms with van der Waals surface area (Å²) in [5, 5.41) is 5.61. The van der Waals surface area contributed by atoms with Crippen LogP contribution in [0.5, 0.6) is 0 Å². The maximum Gasteiger partial charge on any atom is 0.269 e. The minimum Gasteiger partial charge on any atom is -0.268 e. The van der Waals surface area contributed by atoms with Gasteiger partial charge in [-0.3, -0.25) is 14.0 Å². The highest BCUT2D eigenvalue weighted by atomic mass is 32.2. The quantitative estimate of drug-likeness (QED) is 0.369. The summed E-state index contributed by atoms with van der Waals surface area (Å²) in [4.78, 5) is 18.2. The van der Waals surface area contributed by atoms with Gasteiger partial charge >= 0.3 is 0 Å². The molecule has 0 aliphatic rings. The number of nitrogens with zero attached hydrogens (tertiary/aromatic N) is 4. The van der Waals surface area contributed by atoms with Crippen LogP contribution in [-0.4, -0.2) is 19.3 Å². The molecule has 0 aliphatic carbocycles. The Bertz CT molecular complexity index is 1150. The number of aromatic nitrogens is 4. The largest absolute Gasteiger partial charge is 0.269 e. The van der Waals surface area contributed by atoms with Crippen molar-refractivity contribution in [1.82, 2.24) is 19.3 Å². The monoisotopic (exact) mass is 390 g/mol. The number of hydrogen-bond donors (Lipinski definition) is 0. The van der Waals surface area contributed by atoms with Crippen molar-refractivity contribution in [2.24, 2.45) is 13.0 Å². The van der Waals surface area contributed by atoms with Crippen molar-refractivity contribution in [3.8, 4) is 5.69 Å². The minimum absolute atomic E-state index is 0.0950. The van der Waals surface area contributed by atoms with Crippen LogP contribution in [0.15, 0.2) is 76.8 Å². The van der Waals surface area contributed by atoms with Gasteiger partial charge in [0.25, 0.3) is 5.56 Å². The van der Waals surface area contributed by atoms with E-state index in [1.54, 1.807) is 27.2 Å². The molecule has 6 heteroatoms. The van der Waals surface area contributed by atoms with E-state index in [0.29, 0.717) is 22.1 Å². The van der Waals surface area contributed by atoms with Crippen molar-refractivity contribution in [3.05, 3.63) is 82.8 Å². The molecule has 0 amide bonds. The van der Waals surface area contributed by atoms with E-state index in [1.807, 2.05) is 55.6 Å². The first-order valence-corrected chi connectivity index (χ1v) is 10.2. The molecule has 0 spiro atoms. The van der Waals surface area contributed by atoms with E-state index < -0.39 is 0 Å². The van der Waals surface area contributed by atoms with Crippen LogP contribution < -0.4 is 5.56 Å². The summed E-state index contributed by atoms with van der Waals surface area (Å²) in [6.07, 6.45) is 1.59. The van der Waals surface area contributed by atoms with Gasteiger partial charge in [0.05, 0.1) is 11.9 Å². The molecule has 0 saturated carbocycles. The first-order chi connectivity index (χ1) is 13.6. The summed E-state index contributed by atoms with van der Waals surface area (Å²) in [6, 6.07) is 20.0. The van der Waals surface area contributed by atoms with E-state index in [2.05, 4.69) is 31.1 Å². The Balaban J connectivity index is 1.92. The summed E-state index contributed by atoms with van der Waals surface area (Å²) in [6.45, 7) is 4.39. The van der Waals surface area contributed by atoms with Crippen LogP contribution in [0, 0.1) is 5.92 Å². The Labute approximate surface area is 168 Å². The molecule has 2 aromatic heterocycles. The summed E-state index contributed by atoms with van der Waals surface area (Å²) in [7, 11) is 1.81. The van der Waals surface area contributed by atoms with Crippen molar-refractivity contribution < 1.29 is 0 Å². The van der Waals surface area contributed by atoms with Crippen LogP contribution >= 0.6 is 11.8 Å². The second-order valence-electron chi connectivity index (χ2n) is 7.07. The van der Waals surface area contributed by atoms with Gasteiger partial charge in [-0.1, -0.05) is 74.1 Å². The summed E-state index contributed by atoms with van der Waals surface area (Å²) in [5.41, 5.74) is 2.54. The fourth-order valence-corrected chi connectivity index (χ4v) is 4.52. The predicted octanol–water partition coefficient (Wildman–Crippen LogP) is 4.61. The third-order valence-electron chi connectivity index (χ3n) is 4.71. The number of para-hydroxylation sites is 1. The minimum atomic E-state index is -0.0950. The standard InChI is InChI=1S/C22H22N4OS/c1-15(2)19(16-10-6-4-7-11-16)28-22-24-20-18(14-23-25(20)3)21(27)26(22)17-12-8-5-9-13-17/h4-15,19H,1-3H3. The number of thioether (sulfide) groups is 1. The Morgan fingerprint density at radius 2 is 1.61 bits per heavy atom. The first-order valence-electron chi connectivity index (χ1n) is 9.28. The molecule has 0 radical (unpaired) electrons. The maximum absolute atomic E-state index is 13.3. The van der Waals surface area contributed by atoms with E-state index >= 15 is 0 Å². The average molecular weight is 391 g/mol. The fraction of sp³-hybridized carbons (Fsp3) is 0.227. The molecular weight excluding hydrogens is 368 g/mol. The SMILES string of the molecule is CC(C)C(Sc1nc2c(cnn2C)c(=O)n1-c1ccccc1)c1ccccc1. The fourth-order valence-electron chi connectivity index (χ4n) is 3.29. The van der Waals surface area contributed by atoms with Gasteiger partial charge < -0.3 is 0 Å². The third-order valence-corrected chi connectivity index (χ3v) is 6.27. The lowest BCUT2D eigenvalue weighted by Gasteiger charge is -2.22. The van der Waals surface area contributed by atoms with Gasteiger partial charge in [-0.25, -0.2) is 4.98 Å². The smallest absolute Gasteiger partial charge is 0.268 e. The van der Waals surface area contributed by atoms with Gasteiger partial charge in [0, 0.05) is 12.3 Å². The predicted molar refractivity (Wildman–Crippen MR) is 114 cm³/mol. The summed E-state index contributed by atoms with van der Waals surface area (Å²) >= 11 is 1.62. The topological polar surface area (TPSA) is 52.7 Å². The molecule has 4 aromatic rings. The van der Waals surface area contributed by atoms with E-state index in [1.165, 1.54) is 5.56 Å². The van der Waals surface area contributed by atoms with Crippen LogP contribution in [0.3, 0.4) is 0 Å². The number of hydrogen-bond acceptors (Lipinski definition) is 4. The summed E-state index contributed by atoms with van der Waals surface area (Å²) in [5.74, 6) is 0.371.